The summed E-state index contributed by atoms with van der Waals surface area (Å²) in [6.07, 6.45) is 0.351. The molecule has 1 aromatic heterocycles. The van der Waals surface area contributed by atoms with Gasteiger partial charge in [-0.05, 0) is 42.0 Å². The predicted molar refractivity (Wildman–Crippen MR) is 82.9 cm³/mol. The molecule has 1 N–H and O–H groups in total. The van der Waals surface area contributed by atoms with Crippen molar-refractivity contribution in [3.63, 3.8) is 0 Å². The third kappa shape index (κ3) is 3.92. The summed E-state index contributed by atoms with van der Waals surface area (Å²) in [5.41, 5.74) is 1.25. The van der Waals surface area contributed by atoms with Crippen LogP contribution >= 0.6 is 11.6 Å². The van der Waals surface area contributed by atoms with Gasteiger partial charge >= 0.3 is 6.01 Å². The van der Waals surface area contributed by atoms with E-state index in [1.807, 2.05) is 0 Å². The van der Waals surface area contributed by atoms with Crippen LogP contribution in [-0.2, 0) is 6.42 Å². The molecular formula is C16H11ClFN3O2. The average molecular weight is 332 g/mol. The summed E-state index contributed by atoms with van der Waals surface area (Å²) in [5.74, 6) is -0.364. The first-order valence-electron chi connectivity index (χ1n) is 6.74. The molecule has 3 aromatic rings. The number of rotatable bonds is 4. The molecule has 0 bridgehead atoms. The van der Waals surface area contributed by atoms with Crippen LogP contribution in [0, 0.1) is 5.82 Å². The minimum Gasteiger partial charge on any atom is -0.407 e. The Bertz CT molecular complexity index is 816. The van der Waals surface area contributed by atoms with Gasteiger partial charge in [0.2, 0.25) is 5.89 Å². The molecule has 3 rings (SSSR count). The maximum absolute atomic E-state index is 12.9. The Balaban J connectivity index is 1.66. The first kappa shape index (κ1) is 15.2. The molecule has 23 heavy (non-hydrogen) atoms. The van der Waals surface area contributed by atoms with Crippen LogP contribution in [0.5, 0.6) is 0 Å². The Labute approximate surface area is 136 Å². The smallest absolute Gasteiger partial charge is 0.322 e. The maximum atomic E-state index is 12.9. The Morgan fingerprint density at radius 1 is 1.09 bits per heavy atom. The van der Waals surface area contributed by atoms with E-state index in [4.69, 9.17) is 16.0 Å². The van der Waals surface area contributed by atoms with Crippen LogP contribution in [0.2, 0.25) is 5.02 Å². The van der Waals surface area contributed by atoms with Gasteiger partial charge in [-0.2, -0.15) is 0 Å². The van der Waals surface area contributed by atoms with Crippen molar-refractivity contribution in [3.05, 3.63) is 76.4 Å². The van der Waals surface area contributed by atoms with Crippen LogP contribution in [-0.4, -0.2) is 16.1 Å². The number of anilines is 1. The van der Waals surface area contributed by atoms with Crippen molar-refractivity contribution in [3.8, 4) is 0 Å². The summed E-state index contributed by atoms with van der Waals surface area (Å²) in [4.78, 5) is 12.0. The molecule has 0 aliphatic rings. The highest BCUT2D eigenvalue weighted by Gasteiger charge is 2.12. The molecule has 7 heteroatoms. The lowest BCUT2D eigenvalue weighted by Gasteiger charge is -2.00. The number of halogens is 2. The molecule has 116 valence electrons. The molecule has 0 saturated heterocycles. The quantitative estimate of drug-likeness (QED) is 0.791. The van der Waals surface area contributed by atoms with Gasteiger partial charge in [0.1, 0.15) is 5.82 Å². The summed E-state index contributed by atoms with van der Waals surface area (Å²) in [6, 6.07) is 12.4. The van der Waals surface area contributed by atoms with Crippen molar-refractivity contribution in [2.75, 3.05) is 5.32 Å². The first-order chi connectivity index (χ1) is 11.1. The Morgan fingerprint density at radius 3 is 2.48 bits per heavy atom. The van der Waals surface area contributed by atoms with E-state index in [9.17, 15) is 9.18 Å². The van der Waals surface area contributed by atoms with E-state index in [1.54, 1.807) is 36.4 Å². The monoisotopic (exact) mass is 331 g/mol. The van der Waals surface area contributed by atoms with Gasteiger partial charge in [0.05, 0.1) is 6.42 Å². The maximum Gasteiger partial charge on any atom is 0.322 e. The van der Waals surface area contributed by atoms with Gasteiger partial charge in [0.15, 0.2) is 0 Å². The minimum atomic E-state index is -0.376. The Morgan fingerprint density at radius 2 is 1.78 bits per heavy atom. The number of amides is 1. The van der Waals surface area contributed by atoms with Crippen LogP contribution in [0.1, 0.15) is 21.8 Å². The SMILES string of the molecule is O=C(Nc1nnc(Cc2ccc(F)cc2)o1)c1ccc(Cl)cc1. The third-order valence-corrected chi connectivity index (χ3v) is 3.31. The highest BCUT2D eigenvalue weighted by atomic mass is 35.5. The van der Waals surface area contributed by atoms with Crippen molar-refractivity contribution in [1.82, 2.24) is 10.2 Å². The number of benzene rings is 2. The zero-order valence-corrected chi connectivity index (χ0v) is 12.5. The average Bonchev–Trinajstić information content (AvgIpc) is 2.97. The molecule has 0 aliphatic heterocycles. The number of hydrogen-bond donors (Lipinski definition) is 1. The summed E-state index contributed by atoms with van der Waals surface area (Å²) in [7, 11) is 0. The van der Waals surface area contributed by atoms with Crippen molar-refractivity contribution in [1.29, 1.82) is 0 Å². The summed E-state index contributed by atoms with van der Waals surface area (Å²) < 4.78 is 18.2. The summed E-state index contributed by atoms with van der Waals surface area (Å²) >= 11 is 5.77. The van der Waals surface area contributed by atoms with Crippen molar-refractivity contribution >= 4 is 23.5 Å². The predicted octanol–water partition coefficient (Wildman–Crippen LogP) is 3.71. The standard InChI is InChI=1S/C16H11ClFN3O2/c17-12-5-3-11(4-6-12)15(22)19-16-21-20-14(23-16)9-10-1-7-13(18)8-2-10/h1-8H,9H2,(H,19,21,22). The normalized spacial score (nSPS) is 10.5. The van der Waals surface area contributed by atoms with Crippen molar-refractivity contribution < 1.29 is 13.6 Å². The van der Waals surface area contributed by atoms with E-state index >= 15 is 0 Å². The Hall–Kier alpha value is -2.73. The van der Waals surface area contributed by atoms with Crippen molar-refractivity contribution in [2.24, 2.45) is 0 Å². The second-order valence-electron chi connectivity index (χ2n) is 4.77. The minimum absolute atomic E-state index is 0.00191. The van der Waals surface area contributed by atoms with Crippen LogP contribution in [0.3, 0.4) is 0 Å². The number of hydrogen-bond acceptors (Lipinski definition) is 4. The van der Waals surface area contributed by atoms with Gasteiger partial charge < -0.3 is 4.42 Å². The molecule has 0 radical (unpaired) electrons. The fourth-order valence-corrected chi connectivity index (χ4v) is 2.05. The van der Waals surface area contributed by atoms with Gasteiger partial charge in [0, 0.05) is 10.6 Å². The van der Waals surface area contributed by atoms with Gasteiger partial charge in [-0.15, -0.1) is 5.10 Å². The van der Waals surface area contributed by atoms with Gasteiger partial charge in [-0.25, -0.2) is 4.39 Å². The zero-order valence-electron chi connectivity index (χ0n) is 11.8. The molecule has 0 unspecified atom stereocenters. The van der Waals surface area contributed by atoms with E-state index < -0.39 is 0 Å². The first-order valence-corrected chi connectivity index (χ1v) is 7.12. The fraction of sp³-hybridized carbons (Fsp3) is 0.0625. The molecule has 0 atom stereocenters. The largest absolute Gasteiger partial charge is 0.407 e. The fourth-order valence-electron chi connectivity index (χ4n) is 1.92. The molecule has 1 amide bonds. The topological polar surface area (TPSA) is 68.0 Å². The van der Waals surface area contributed by atoms with Gasteiger partial charge in [-0.1, -0.05) is 28.8 Å². The number of carbonyl (C=O) groups excluding carboxylic acids is 1. The highest BCUT2D eigenvalue weighted by Crippen LogP contribution is 2.14. The molecular weight excluding hydrogens is 321 g/mol. The van der Waals surface area contributed by atoms with Crippen LogP contribution in [0.25, 0.3) is 0 Å². The second-order valence-corrected chi connectivity index (χ2v) is 5.20. The number of nitrogens with one attached hydrogen (secondary N) is 1. The molecule has 1 heterocycles. The highest BCUT2D eigenvalue weighted by molar-refractivity contribution is 6.30. The molecule has 0 fully saturated rings. The van der Waals surface area contributed by atoms with Gasteiger partial charge in [0.25, 0.3) is 5.91 Å². The molecule has 5 nitrogen and oxygen atoms in total. The zero-order chi connectivity index (χ0) is 16.2. The lowest BCUT2D eigenvalue weighted by Crippen LogP contribution is -2.11. The van der Waals surface area contributed by atoms with Crippen molar-refractivity contribution in [2.45, 2.75) is 6.42 Å². The van der Waals surface area contributed by atoms with E-state index in [0.717, 1.165) is 5.56 Å². The summed E-state index contributed by atoms with van der Waals surface area (Å²) in [5, 5.41) is 10.7. The van der Waals surface area contributed by atoms with E-state index in [2.05, 4.69) is 15.5 Å². The number of nitrogens with zero attached hydrogens (tertiary/aromatic N) is 2. The van der Waals surface area contributed by atoms with Gasteiger partial charge in [-0.3, -0.25) is 10.1 Å². The number of carbonyl (C=O) groups is 1. The lowest BCUT2D eigenvalue weighted by molar-refractivity contribution is 0.102. The summed E-state index contributed by atoms with van der Waals surface area (Å²) in [6.45, 7) is 0. The van der Waals surface area contributed by atoms with E-state index in [-0.39, 0.29) is 17.7 Å². The molecule has 0 spiro atoms. The van der Waals surface area contributed by atoms with E-state index in [0.29, 0.717) is 22.9 Å². The van der Waals surface area contributed by atoms with Crippen LogP contribution in [0.4, 0.5) is 10.4 Å². The van der Waals surface area contributed by atoms with Crippen LogP contribution in [0.15, 0.2) is 52.9 Å². The van der Waals surface area contributed by atoms with Crippen LogP contribution < -0.4 is 5.32 Å². The third-order valence-electron chi connectivity index (χ3n) is 3.06. The molecule has 0 saturated carbocycles. The van der Waals surface area contributed by atoms with E-state index in [1.165, 1.54) is 12.1 Å². The second kappa shape index (κ2) is 6.58. The Kier molecular flexibility index (Phi) is 4.34. The molecule has 2 aromatic carbocycles. The number of aromatic nitrogens is 2. The lowest BCUT2D eigenvalue weighted by atomic mass is 10.1. The molecule has 0 aliphatic carbocycles.